The number of halogens is 1. The van der Waals surface area contributed by atoms with Crippen molar-refractivity contribution >= 4 is 23.0 Å². The van der Waals surface area contributed by atoms with Crippen molar-refractivity contribution in [3.05, 3.63) is 48.1 Å². The molecule has 2 aliphatic rings. The molecule has 2 fully saturated rings. The standard InChI is InChI=1S/C23H24FN7O3/c1-13(2)34-20-15(19(32)27-16-7-26-31-8-14(24)6-25-18(16)31)9-30-10-17(28-21(30)29-20)23-5-4-22(3,11-23)33-12-23/h6-10,13H,4-5,11-12H2,1-3H3,(H,27,32)/t22-,23-/m1/s1. The van der Waals surface area contributed by atoms with Gasteiger partial charge in [-0.15, -0.1) is 0 Å². The molecule has 0 radical (unpaired) electrons. The van der Waals surface area contributed by atoms with Crippen LogP contribution in [0.5, 0.6) is 5.88 Å². The van der Waals surface area contributed by atoms with E-state index >= 15 is 0 Å². The summed E-state index contributed by atoms with van der Waals surface area (Å²) in [6, 6.07) is 0. The highest BCUT2D eigenvalue weighted by Crippen LogP contribution is 2.53. The molecule has 1 aliphatic heterocycles. The van der Waals surface area contributed by atoms with Crippen LogP contribution in [0.25, 0.3) is 11.4 Å². The van der Waals surface area contributed by atoms with Gasteiger partial charge in [-0.2, -0.15) is 10.1 Å². The number of hydrogen-bond donors (Lipinski definition) is 1. The number of imidazole rings is 1. The van der Waals surface area contributed by atoms with Crippen LogP contribution in [0.1, 0.15) is 56.1 Å². The summed E-state index contributed by atoms with van der Waals surface area (Å²) >= 11 is 0. The Morgan fingerprint density at radius 2 is 2.09 bits per heavy atom. The second-order valence-corrected chi connectivity index (χ2v) is 9.71. The van der Waals surface area contributed by atoms with Crippen molar-refractivity contribution in [1.82, 2.24) is 29.0 Å². The number of carbonyl (C=O) groups is 1. The lowest BCUT2D eigenvalue weighted by atomic mass is 9.84. The molecule has 1 aliphatic carbocycles. The third-order valence-electron chi connectivity index (χ3n) is 6.66. The van der Waals surface area contributed by atoms with E-state index in [4.69, 9.17) is 14.5 Å². The van der Waals surface area contributed by atoms with Crippen molar-refractivity contribution in [2.75, 3.05) is 11.9 Å². The number of ether oxygens (including phenoxy) is 2. The summed E-state index contributed by atoms with van der Waals surface area (Å²) in [6.07, 6.45) is 10.0. The van der Waals surface area contributed by atoms with Gasteiger partial charge in [-0.3, -0.25) is 9.20 Å². The monoisotopic (exact) mass is 465 g/mol. The quantitative estimate of drug-likeness (QED) is 0.482. The van der Waals surface area contributed by atoms with E-state index in [1.54, 1.807) is 10.6 Å². The molecule has 0 spiro atoms. The molecule has 0 unspecified atom stereocenters. The SMILES string of the molecule is CC(C)Oc1nc2nc([C@]34CC[C@](C)(C3)OC4)cn2cc1C(=O)Nc1cnn2cc(F)cnc12. The third kappa shape index (κ3) is 3.30. The number of amides is 1. The lowest BCUT2D eigenvalue weighted by Gasteiger charge is -2.24. The summed E-state index contributed by atoms with van der Waals surface area (Å²) in [5.74, 6) is -0.326. The molecule has 10 nitrogen and oxygen atoms in total. The van der Waals surface area contributed by atoms with Gasteiger partial charge >= 0.3 is 0 Å². The molecule has 4 aromatic rings. The van der Waals surface area contributed by atoms with Crippen molar-refractivity contribution in [2.45, 2.75) is 57.2 Å². The van der Waals surface area contributed by atoms with Gasteiger partial charge in [0.05, 0.1) is 42.6 Å². The highest BCUT2D eigenvalue weighted by atomic mass is 19.1. The highest BCUT2D eigenvalue weighted by Gasteiger charge is 2.55. The number of fused-ring (bicyclic) bond motifs is 4. The Kier molecular flexibility index (Phi) is 4.44. The lowest BCUT2D eigenvalue weighted by molar-refractivity contribution is -0.00627. The fraction of sp³-hybridized carbons (Fsp3) is 0.435. The highest BCUT2D eigenvalue weighted by molar-refractivity contribution is 6.07. The summed E-state index contributed by atoms with van der Waals surface area (Å²) in [7, 11) is 0. The van der Waals surface area contributed by atoms with Gasteiger partial charge in [0.1, 0.15) is 11.3 Å². The normalized spacial score (nSPS) is 23.9. The zero-order valence-electron chi connectivity index (χ0n) is 19.1. The summed E-state index contributed by atoms with van der Waals surface area (Å²) in [5, 5.41) is 6.84. The number of carbonyl (C=O) groups excluding carboxylic acids is 1. The maximum atomic E-state index is 13.4. The molecular formula is C23H24FN7O3. The first-order valence-electron chi connectivity index (χ1n) is 11.2. The Labute approximate surface area is 194 Å². The minimum absolute atomic E-state index is 0.0918. The van der Waals surface area contributed by atoms with Crippen LogP contribution in [0, 0.1) is 5.82 Å². The van der Waals surface area contributed by atoms with Gasteiger partial charge in [-0.1, -0.05) is 0 Å². The Morgan fingerprint density at radius 1 is 1.24 bits per heavy atom. The fourth-order valence-corrected chi connectivity index (χ4v) is 5.01. The lowest BCUT2D eigenvalue weighted by Crippen LogP contribution is -2.26. The molecule has 4 aromatic heterocycles. The molecule has 1 saturated heterocycles. The summed E-state index contributed by atoms with van der Waals surface area (Å²) in [4.78, 5) is 26.7. The van der Waals surface area contributed by atoms with Crippen LogP contribution in [-0.4, -0.2) is 53.2 Å². The maximum absolute atomic E-state index is 13.4. The second kappa shape index (κ2) is 7.20. The average Bonchev–Trinajstić information content (AvgIpc) is 3.53. The van der Waals surface area contributed by atoms with E-state index in [1.807, 2.05) is 20.0 Å². The molecule has 6 rings (SSSR count). The molecule has 11 heteroatoms. The first-order chi connectivity index (χ1) is 16.2. The molecule has 5 heterocycles. The third-order valence-corrected chi connectivity index (χ3v) is 6.66. The molecule has 176 valence electrons. The van der Waals surface area contributed by atoms with Gasteiger partial charge in [0.25, 0.3) is 5.91 Å². The minimum atomic E-state index is -0.527. The smallest absolute Gasteiger partial charge is 0.262 e. The molecule has 34 heavy (non-hydrogen) atoms. The summed E-state index contributed by atoms with van der Waals surface area (Å²) < 4.78 is 28.4. The number of nitrogens with one attached hydrogen (secondary N) is 1. The maximum Gasteiger partial charge on any atom is 0.262 e. The van der Waals surface area contributed by atoms with Crippen LogP contribution < -0.4 is 10.1 Å². The van der Waals surface area contributed by atoms with Crippen molar-refractivity contribution in [1.29, 1.82) is 0 Å². The Balaban J connectivity index is 1.38. The largest absolute Gasteiger partial charge is 0.474 e. The Morgan fingerprint density at radius 3 is 2.79 bits per heavy atom. The van der Waals surface area contributed by atoms with Crippen molar-refractivity contribution in [3.8, 4) is 5.88 Å². The van der Waals surface area contributed by atoms with E-state index in [9.17, 15) is 9.18 Å². The van der Waals surface area contributed by atoms with Crippen molar-refractivity contribution < 1.29 is 18.7 Å². The fourth-order valence-electron chi connectivity index (χ4n) is 5.01. The van der Waals surface area contributed by atoms with Gasteiger partial charge < -0.3 is 14.8 Å². The summed E-state index contributed by atoms with van der Waals surface area (Å²) in [6.45, 7) is 6.51. The molecule has 1 N–H and O–H groups in total. The van der Waals surface area contributed by atoms with Crippen LogP contribution in [0.2, 0.25) is 0 Å². The van der Waals surface area contributed by atoms with Crippen LogP contribution >= 0.6 is 0 Å². The Hall–Kier alpha value is -3.60. The number of aromatic nitrogens is 6. The van der Waals surface area contributed by atoms with E-state index in [-0.39, 0.29) is 28.6 Å². The predicted octanol–water partition coefficient (Wildman–Crippen LogP) is 3.16. The van der Waals surface area contributed by atoms with E-state index in [2.05, 4.69) is 27.3 Å². The first-order valence-corrected chi connectivity index (χ1v) is 11.2. The first kappa shape index (κ1) is 21.0. The number of rotatable bonds is 5. The van der Waals surface area contributed by atoms with Crippen molar-refractivity contribution in [2.24, 2.45) is 0 Å². The van der Waals surface area contributed by atoms with E-state index in [0.717, 1.165) is 31.2 Å². The average molecular weight is 465 g/mol. The number of nitrogens with zero attached hydrogens (tertiary/aromatic N) is 6. The molecule has 0 aromatic carbocycles. The van der Waals surface area contributed by atoms with Gasteiger partial charge in [0.15, 0.2) is 11.5 Å². The zero-order chi connectivity index (χ0) is 23.7. The van der Waals surface area contributed by atoms with E-state index in [0.29, 0.717) is 23.7 Å². The van der Waals surface area contributed by atoms with Crippen LogP contribution in [0.4, 0.5) is 10.1 Å². The van der Waals surface area contributed by atoms with Crippen LogP contribution in [-0.2, 0) is 10.2 Å². The Bertz CT molecular complexity index is 1440. The van der Waals surface area contributed by atoms with E-state index in [1.165, 1.54) is 16.9 Å². The van der Waals surface area contributed by atoms with Gasteiger partial charge in [0, 0.05) is 17.8 Å². The van der Waals surface area contributed by atoms with Gasteiger partial charge in [-0.25, -0.2) is 18.9 Å². The van der Waals surface area contributed by atoms with Crippen LogP contribution in [0.15, 0.2) is 31.0 Å². The molecular weight excluding hydrogens is 441 g/mol. The molecule has 2 atom stereocenters. The van der Waals surface area contributed by atoms with Crippen molar-refractivity contribution in [3.63, 3.8) is 0 Å². The topological polar surface area (TPSA) is 108 Å². The second-order valence-electron chi connectivity index (χ2n) is 9.71. The zero-order valence-corrected chi connectivity index (χ0v) is 19.1. The predicted molar refractivity (Wildman–Crippen MR) is 120 cm³/mol. The summed E-state index contributed by atoms with van der Waals surface area (Å²) in [5.41, 5.74) is 1.61. The molecule has 1 amide bonds. The minimum Gasteiger partial charge on any atom is -0.474 e. The van der Waals surface area contributed by atoms with Gasteiger partial charge in [-0.05, 0) is 40.0 Å². The van der Waals surface area contributed by atoms with Crippen LogP contribution in [0.3, 0.4) is 0 Å². The number of hydrogen-bond acceptors (Lipinski definition) is 7. The molecule has 2 bridgehead atoms. The van der Waals surface area contributed by atoms with E-state index < -0.39 is 11.7 Å². The number of anilines is 1. The van der Waals surface area contributed by atoms with Gasteiger partial charge in [0.2, 0.25) is 11.7 Å². The molecule has 1 saturated carbocycles.